The first kappa shape index (κ1) is 36.0. The van der Waals surface area contributed by atoms with Gasteiger partial charge in [0.25, 0.3) is 0 Å². The van der Waals surface area contributed by atoms with Crippen LogP contribution in [0, 0.1) is 11.6 Å². The Morgan fingerprint density at radius 2 is 1.94 bits per heavy atom. The van der Waals surface area contributed by atoms with Crippen LogP contribution in [0.25, 0.3) is 21.9 Å². The van der Waals surface area contributed by atoms with E-state index >= 15 is 0 Å². The first-order chi connectivity index (χ1) is 24.3. The summed E-state index contributed by atoms with van der Waals surface area (Å²) in [6.07, 6.45) is -2.88. The lowest BCUT2D eigenvalue weighted by molar-refractivity contribution is -0.146. The predicted molar refractivity (Wildman–Crippen MR) is 178 cm³/mol. The quantitative estimate of drug-likeness (QED) is 0.0994. The van der Waals surface area contributed by atoms with Crippen LogP contribution in [0.5, 0.6) is 11.6 Å². The molecule has 3 heterocycles. The number of carbonyl (C=O) groups excluding carboxylic acids is 1. The van der Waals surface area contributed by atoms with Gasteiger partial charge in [-0.15, -0.1) is 0 Å². The van der Waals surface area contributed by atoms with E-state index in [4.69, 9.17) is 29.0 Å². The normalized spacial score (nSPS) is 22.1. The molecule has 5 N–H and O–H groups in total. The van der Waals surface area contributed by atoms with Crippen molar-refractivity contribution in [3.05, 3.63) is 84.2 Å². The van der Waals surface area contributed by atoms with Gasteiger partial charge in [0.05, 0.1) is 19.5 Å². The number of anilines is 1. The zero-order valence-corrected chi connectivity index (χ0v) is 28.5. The molecule has 0 bridgehead atoms. The SMILES string of the molecule is CCOc1nc(N)nc2c1ncn2C1O[C@H](COP(=O)(NC(C)C(=O)OCc2ccc(F)cc2F)Oc2cccc3ccccc23)[C@@H](O)[C@@]1(C)O. The molecule has 0 spiro atoms. The van der Waals surface area contributed by atoms with E-state index in [0.717, 1.165) is 17.5 Å². The Balaban J connectivity index is 1.23. The van der Waals surface area contributed by atoms with Crippen molar-refractivity contribution in [2.75, 3.05) is 18.9 Å². The maximum Gasteiger partial charge on any atom is 0.459 e. The number of nitrogens with two attached hydrogens (primary N) is 1. The smallest absolute Gasteiger partial charge is 0.459 e. The Kier molecular flexibility index (Phi) is 10.2. The van der Waals surface area contributed by atoms with Gasteiger partial charge in [0.2, 0.25) is 11.8 Å². The van der Waals surface area contributed by atoms with Crippen molar-refractivity contribution in [1.29, 1.82) is 0 Å². The number of imidazole rings is 1. The highest BCUT2D eigenvalue weighted by molar-refractivity contribution is 7.52. The summed E-state index contributed by atoms with van der Waals surface area (Å²) < 4.78 is 71.7. The van der Waals surface area contributed by atoms with Gasteiger partial charge in [-0.25, -0.2) is 18.3 Å². The van der Waals surface area contributed by atoms with Crippen LogP contribution in [0.3, 0.4) is 0 Å². The van der Waals surface area contributed by atoms with Gasteiger partial charge in [0.15, 0.2) is 17.4 Å². The van der Waals surface area contributed by atoms with Crippen LogP contribution >= 0.6 is 7.75 Å². The van der Waals surface area contributed by atoms with Crippen LogP contribution in [0.15, 0.2) is 67.0 Å². The number of aliphatic hydroxyl groups is 2. The first-order valence-corrected chi connectivity index (χ1v) is 17.3. The number of nitrogens with zero attached hydrogens (tertiary/aromatic N) is 4. The minimum atomic E-state index is -4.55. The van der Waals surface area contributed by atoms with E-state index in [9.17, 15) is 28.4 Å². The highest BCUT2D eigenvalue weighted by atomic mass is 31.2. The molecular formula is C33H35F2N6O9P. The molecule has 0 saturated carbocycles. The standard InChI is InChI=1S/C33H35F2N6O9P/c1-4-46-29-26-28(38-32(36)39-29)41(17-37-26)31-33(3,44)27(42)25(49-31)16-48-51(45,50-24-11-7-9-19-8-5-6-10-22(19)24)40-18(2)30(43)47-15-20-12-13-21(34)14-23(20)35/h5-14,17-18,25,27,31,42,44H,4,15-16H2,1-3H3,(H,40,45)(H2,36,38,39)/t18?,25-,27-,31?,33-,51?/m1/s1. The van der Waals surface area contributed by atoms with Gasteiger partial charge in [-0.2, -0.15) is 15.1 Å². The van der Waals surface area contributed by atoms with Gasteiger partial charge in [-0.05, 0) is 44.4 Å². The second-order valence-corrected chi connectivity index (χ2v) is 13.6. The molecule has 5 aromatic rings. The second kappa shape index (κ2) is 14.5. The van der Waals surface area contributed by atoms with E-state index < -0.39 is 68.6 Å². The molecule has 51 heavy (non-hydrogen) atoms. The number of nitrogens with one attached hydrogen (secondary N) is 1. The molecular weight excluding hydrogens is 693 g/mol. The summed E-state index contributed by atoms with van der Waals surface area (Å²) in [5.74, 6) is -2.52. The molecule has 3 unspecified atom stereocenters. The number of nitrogen functional groups attached to an aromatic ring is 1. The van der Waals surface area contributed by atoms with Crippen LogP contribution in [0.4, 0.5) is 14.7 Å². The molecule has 0 radical (unpaired) electrons. The van der Waals surface area contributed by atoms with E-state index in [1.807, 2.05) is 18.2 Å². The first-order valence-electron chi connectivity index (χ1n) is 15.8. The molecule has 1 fully saturated rings. The molecule has 1 aliphatic heterocycles. The number of fused-ring (bicyclic) bond motifs is 2. The number of hydrogen-bond acceptors (Lipinski definition) is 13. The molecule has 15 nitrogen and oxygen atoms in total. The third kappa shape index (κ3) is 7.49. The summed E-state index contributed by atoms with van der Waals surface area (Å²) >= 11 is 0. The number of halogens is 2. The Labute approximate surface area is 289 Å². The van der Waals surface area contributed by atoms with E-state index in [0.29, 0.717) is 11.5 Å². The summed E-state index contributed by atoms with van der Waals surface area (Å²) in [5.41, 5.74) is 4.24. The average molecular weight is 729 g/mol. The number of aliphatic hydroxyl groups excluding tert-OH is 1. The Hall–Kier alpha value is -4.77. The Bertz CT molecular complexity index is 2110. The summed E-state index contributed by atoms with van der Waals surface area (Å²) in [6, 6.07) is 13.6. The largest absolute Gasteiger partial charge is 0.476 e. The van der Waals surface area contributed by atoms with Crippen LogP contribution in [-0.4, -0.2) is 72.8 Å². The molecule has 3 aromatic carbocycles. The van der Waals surface area contributed by atoms with Crippen molar-refractivity contribution in [3.63, 3.8) is 0 Å². The molecule has 0 amide bonds. The van der Waals surface area contributed by atoms with Crippen molar-refractivity contribution in [2.24, 2.45) is 0 Å². The number of esters is 1. The van der Waals surface area contributed by atoms with E-state index in [1.54, 1.807) is 31.2 Å². The number of hydrogen-bond donors (Lipinski definition) is 4. The van der Waals surface area contributed by atoms with E-state index in [2.05, 4.69) is 20.0 Å². The molecule has 1 aliphatic rings. The molecule has 2 aromatic heterocycles. The molecule has 6 atom stereocenters. The van der Waals surface area contributed by atoms with E-state index in [-0.39, 0.29) is 40.9 Å². The Morgan fingerprint density at radius 1 is 1.18 bits per heavy atom. The van der Waals surface area contributed by atoms with Crippen LogP contribution in [0.1, 0.15) is 32.6 Å². The fourth-order valence-electron chi connectivity index (χ4n) is 5.56. The number of carbonyl (C=O) groups is 1. The number of rotatable bonds is 13. The van der Waals surface area contributed by atoms with E-state index in [1.165, 1.54) is 24.7 Å². The maximum absolute atomic E-state index is 14.4. The highest BCUT2D eigenvalue weighted by Gasteiger charge is 2.54. The lowest BCUT2D eigenvalue weighted by atomic mass is 9.96. The molecule has 18 heteroatoms. The monoisotopic (exact) mass is 728 g/mol. The highest BCUT2D eigenvalue weighted by Crippen LogP contribution is 2.48. The van der Waals surface area contributed by atoms with Crippen LogP contribution < -0.4 is 20.1 Å². The number of benzene rings is 3. The molecule has 270 valence electrons. The topological polar surface area (TPSA) is 202 Å². The summed E-state index contributed by atoms with van der Waals surface area (Å²) in [6.45, 7) is 3.53. The zero-order valence-electron chi connectivity index (χ0n) is 27.6. The van der Waals surface area contributed by atoms with Crippen molar-refractivity contribution in [3.8, 4) is 11.6 Å². The predicted octanol–water partition coefficient (Wildman–Crippen LogP) is 4.17. The van der Waals surface area contributed by atoms with Crippen molar-refractivity contribution in [1.82, 2.24) is 24.6 Å². The number of ether oxygens (including phenoxy) is 3. The van der Waals surface area contributed by atoms with Crippen molar-refractivity contribution < 1.29 is 51.6 Å². The maximum atomic E-state index is 14.4. The van der Waals surface area contributed by atoms with Gasteiger partial charge in [0, 0.05) is 17.0 Å². The Morgan fingerprint density at radius 3 is 2.71 bits per heavy atom. The lowest BCUT2D eigenvalue weighted by Crippen LogP contribution is -2.44. The van der Waals surface area contributed by atoms with Crippen molar-refractivity contribution >= 4 is 41.6 Å². The molecule has 6 rings (SSSR count). The average Bonchev–Trinajstić information content (AvgIpc) is 3.60. The van der Waals surface area contributed by atoms with Crippen LogP contribution in [-0.2, 0) is 30.0 Å². The fourth-order valence-corrected chi connectivity index (χ4v) is 7.08. The van der Waals surface area contributed by atoms with Crippen LogP contribution in [0.2, 0.25) is 0 Å². The summed E-state index contributed by atoms with van der Waals surface area (Å²) in [4.78, 5) is 25.5. The molecule has 0 aliphatic carbocycles. The van der Waals surface area contributed by atoms with Gasteiger partial charge < -0.3 is 34.7 Å². The number of aromatic nitrogens is 4. The van der Waals surface area contributed by atoms with Gasteiger partial charge in [0.1, 0.15) is 47.8 Å². The zero-order chi connectivity index (χ0) is 36.5. The van der Waals surface area contributed by atoms with Crippen molar-refractivity contribution in [2.45, 2.75) is 57.5 Å². The fraction of sp³-hybridized carbons (Fsp3) is 0.333. The minimum Gasteiger partial charge on any atom is -0.476 e. The van der Waals surface area contributed by atoms with Gasteiger partial charge in [-0.3, -0.25) is 13.9 Å². The summed E-state index contributed by atoms with van der Waals surface area (Å²) in [7, 11) is -4.55. The third-order valence-corrected chi connectivity index (χ3v) is 9.79. The van der Waals surface area contributed by atoms with Gasteiger partial charge >= 0.3 is 13.7 Å². The minimum absolute atomic E-state index is 0.0775. The molecule has 1 saturated heterocycles. The van der Waals surface area contributed by atoms with Gasteiger partial charge in [-0.1, -0.05) is 36.4 Å². The third-order valence-electron chi connectivity index (χ3n) is 8.16. The second-order valence-electron chi connectivity index (χ2n) is 11.9. The lowest BCUT2D eigenvalue weighted by Gasteiger charge is -2.27. The summed E-state index contributed by atoms with van der Waals surface area (Å²) in [5, 5.41) is 26.5.